The number of aromatic nitrogens is 2. The van der Waals surface area contributed by atoms with Crippen LogP contribution in [0.15, 0.2) is 6.20 Å². The summed E-state index contributed by atoms with van der Waals surface area (Å²) >= 11 is 0. The summed E-state index contributed by atoms with van der Waals surface area (Å²) in [6.07, 6.45) is 5.74. The molecule has 1 atom stereocenters. The van der Waals surface area contributed by atoms with Gasteiger partial charge in [0.25, 0.3) is 0 Å². The van der Waals surface area contributed by atoms with Gasteiger partial charge < -0.3 is 10.2 Å². The van der Waals surface area contributed by atoms with Crippen LogP contribution >= 0.6 is 0 Å². The molecule has 2 aliphatic rings. The fourth-order valence-electron chi connectivity index (χ4n) is 2.59. The van der Waals surface area contributed by atoms with Crippen molar-refractivity contribution in [3.63, 3.8) is 0 Å². The van der Waals surface area contributed by atoms with Crippen molar-refractivity contribution in [3.05, 3.63) is 11.8 Å². The molecule has 3 heterocycles. The summed E-state index contributed by atoms with van der Waals surface area (Å²) < 4.78 is 0. The van der Waals surface area contributed by atoms with Crippen LogP contribution in [0.3, 0.4) is 0 Å². The van der Waals surface area contributed by atoms with Gasteiger partial charge in [0.1, 0.15) is 0 Å². The monoisotopic (exact) mass is 204 g/mol. The second kappa shape index (κ2) is 3.36. The van der Waals surface area contributed by atoms with Crippen molar-refractivity contribution in [2.24, 2.45) is 0 Å². The van der Waals surface area contributed by atoms with Gasteiger partial charge in [-0.15, -0.1) is 5.10 Å². The first kappa shape index (κ1) is 8.95. The average Bonchev–Trinajstić information content (AvgIpc) is 2.29. The molecule has 0 amide bonds. The topological polar surface area (TPSA) is 41.1 Å². The zero-order valence-corrected chi connectivity index (χ0v) is 9.03. The number of hydrogen-bond donors (Lipinski definition) is 1. The van der Waals surface area contributed by atoms with E-state index < -0.39 is 0 Å². The first-order chi connectivity index (χ1) is 7.36. The minimum absolute atomic E-state index is 0.627. The molecule has 0 radical (unpaired) electrons. The molecule has 1 unspecified atom stereocenters. The number of anilines is 2. The van der Waals surface area contributed by atoms with Crippen molar-refractivity contribution in [1.29, 1.82) is 0 Å². The van der Waals surface area contributed by atoms with Crippen LogP contribution < -0.4 is 10.2 Å². The summed E-state index contributed by atoms with van der Waals surface area (Å²) in [5, 5.41) is 11.8. The fourth-order valence-corrected chi connectivity index (χ4v) is 2.59. The van der Waals surface area contributed by atoms with Gasteiger partial charge in [0.2, 0.25) is 0 Å². The lowest BCUT2D eigenvalue weighted by atomic mass is 9.99. The Kier molecular flexibility index (Phi) is 2.01. The highest BCUT2D eigenvalue weighted by atomic mass is 15.3. The van der Waals surface area contributed by atoms with Gasteiger partial charge in [-0.1, -0.05) is 0 Å². The Morgan fingerprint density at radius 3 is 3.33 bits per heavy atom. The van der Waals surface area contributed by atoms with Gasteiger partial charge in [-0.3, -0.25) is 0 Å². The van der Waals surface area contributed by atoms with E-state index in [-0.39, 0.29) is 0 Å². The van der Waals surface area contributed by atoms with E-state index in [1.54, 1.807) is 0 Å². The van der Waals surface area contributed by atoms with E-state index in [1.807, 2.05) is 6.20 Å². The Balaban J connectivity index is 2.03. The lowest BCUT2D eigenvalue weighted by Crippen LogP contribution is -2.47. The minimum atomic E-state index is 0.627. The molecule has 0 spiro atoms. The average molecular weight is 204 g/mol. The molecular weight excluding hydrogens is 188 g/mol. The standard InChI is InChI=1S/C11H16N4/c1-8-6-13-14-11-10(8)12-7-9-4-2-3-5-15(9)11/h6,9,12H,2-5,7H2,1H3. The van der Waals surface area contributed by atoms with Gasteiger partial charge in [-0.2, -0.15) is 5.10 Å². The van der Waals surface area contributed by atoms with Crippen molar-refractivity contribution < 1.29 is 0 Å². The number of piperidine rings is 1. The van der Waals surface area contributed by atoms with E-state index in [2.05, 4.69) is 27.3 Å². The van der Waals surface area contributed by atoms with E-state index in [1.165, 1.54) is 30.5 Å². The molecule has 1 fully saturated rings. The maximum atomic E-state index is 4.28. The molecule has 3 rings (SSSR count). The third kappa shape index (κ3) is 1.35. The predicted octanol–water partition coefficient (Wildman–Crippen LogP) is 1.57. The van der Waals surface area contributed by atoms with Crippen molar-refractivity contribution in [2.75, 3.05) is 23.3 Å². The Morgan fingerprint density at radius 2 is 2.40 bits per heavy atom. The van der Waals surface area contributed by atoms with E-state index in [0.29, 0.717) is 6.04 Å². The summed E-state index contributed by atoms with van der Waals surface area (Å²) in [6, 6.07) is 0.627. The maximum absolute atomic E-state index is 4.28. The highest BCUT2D eigenvalue weighted by molar-refractivity contribution is 5.71. The van der Waals surface area contributed by atoms with Gasteiger partial charge in [0, 0.05) is 19.1 Å². The lowest BCUT2D eigenvalue weighted by molar-refractivity contribution is 0.460. The first-order valence-corrected chi connectivity index (χ1v) is 5.69. The van der Waals surface area contributed by atoms with E-state index in [4.69, 9.17) is 0 Å². The van der Waals surface area contributed by atoms with Gasteiger partial charge in [0.05, 0.1) is 11.9 Å². The lowest BCUT2D eigenvalue weighted by Gasteiger charge is -2.41. The van der Waals surface area contributed by atoms with Crippen LogP contribution in [0, 0.1) is 6.92 Å². The number of fused-ring (bicyclic) bond motifs is 3. The van der Waals surface area contributed by atoms with Gasteiger partial charge in [0.15, 0.2) is 5.82 Å². The molecule has 0 aliphatic carbocycles. The molecule has 0 saturated carbocycles. The zero-order valence-electron chi connectivity index (χ0n) is 9.03. The summed E-state index contributed by atoms with van der Waals surface area (Å²) in [5.74, 6) is 1.06. The molecule has 4 nitrogen and oxygen atoms in total. The minimum Gasteiger partial charge on any atom is -0.380 e. The predicted molar refractivity (Wildman–Crippen MR) is 60.2 cm³/mol. The number of rotatable bonds is 0. The highest BCUT2D eigenvalue weighted by Gasteiger charge is 2.30. The highest BCUT2D eigenvalue weighted by Crippen LogP contribution is 2.34. The maximum Gasteiger partial charge on any atom is 0.175 e. The van der Waals surface area contributed by atoms with E-state index >= 15 is 0 Å². The molecule has 1 N–H and O–H groups in total. The van der Waals surface area contributed by atoms with E-state index in [0.717, 1.165) is 18.9 Å². The molecule has 4 heteroatoms. The molecule has 15 heavy (non-hydrogen) atoms. The molecule has 1 aromatic rings. The van der Waals surface area contributed by atoms with Crippen LogP contribution in [0.25, 0.3) is 0 Å². The van der Waals surface area contributed by atoms with Gasteiger partial charge in [-0.05, 0) is 31.7 Å². The SMILES string of the molecule is Cc1cnnc2c1NCC1CCCCN21. The molecule has 80 valence electrons. The normalized spacial score (nSPS) is 24.1. The quantitative estimate of drug-likeness (QED) is 0.696. The number of nitrogens with zero attached hydrogens (tertiary/aromatic N) is 3. The van der Waals surface area contributed by atoms with Crippen LogP contribution in [0.5, 0.6) is 0 Å². The third-order valence-corrected chi connectivity index (χ3v) is 3.44. The molecule has 0 aromatic carbocycles. The first-order valence-electron chi connectivity index (χ1n) is 5.69. The number of nitrogens with one attached hydrogen (secondary N) is 1. The Hall–Kier alpha value is -1.32. The van der Waals surface area contributed by atoms with Crippen LogP contribution in [-0.4, -0.2) is 29.3 Å². The summed E-state index contributed by atoms with van der Waals surface area (Å²) in [6.45, 7) is 4.28. The van der Waals surface area contributed by atoms with Crippen molar-refractivity contribution >= 4 is 11.5 Å². The van der Waals surface area contributed by atoms with E-state index in [9.17, 15) is 0 Å². The Labute approximate surface area is 89.7 Å². The zero-order chi connectivity index (χ0) is 10.3. The van der Waals surface area contributed by atoms with Crippen molar-refractivity contribution in [1.82, 2.24) is 10.2 Å². The largest absolute Gasteiger partial charge is 0.380 e. The molecule has 0 bridgehead atoms. The third-order valence-electron chi connectivity index (χ3n) is 3.44. The van der Waals surface area contributed by atoms with Gasteiger partial charge >= 0.3 is 0 Å². The number of aryl methyl sites for hydroxylation is 1. The molecule has 1 aromatic heterocycles. The molecule has 2 aliphatic heterocycles. The second-order valence-corrected chi connectivity index (χ2v) is 4.45. The van der Waals surface area contributed by atoms with Crippen LogP contribution in [0.2, 0.25) is 0 Å². The Morgan fingerprint density at radius 1 is 1.47 bits per heavy atom. The van der Waals surface area contributed by atoms with Crippen LogP contribution in [-0.2, 0) is 0 Å². The second-order valence-electron chi connectivity index (χ2n) is 4.45. The van der Waals surface area contributed by atoms with Gasteiger partial charge in [-0.25, -0.2) is 0 Å². The smallest absolute Gasteiger partial charge is 0.175 e. The van der Waals surface area contributed by atoms with Crippen molar-refractivity contribution in [3.8, 4) is 0 Å². The van der Waals surface area contributed by atoms with Crippen LogP contribution in [0.4, 0.5) is 11.5 Å². The summed E-state index contributed by atoms with van der Waals surface area (Å²) in [7, 11) is 0. The Bertz CT molecular complexity index is 377. The fraction of sp³-hybridized carbons (Fsp3) is 0.636. The summed E-state index contributed by atoms with van der Waals surface area (Å²) in [4.78, 5) is 2.43. The number of hydrogen-bond acceptors (Lipinski definition) is 4. The van der Waals surface area contributed by atoms with Crippen molar-refractivity contribution in [2.45, 2.75) is 32.2 Å². The molecule has 1 saturated heterocycles. The molecular formula is C11H16N4. The van der Waals surface area contributed by atoms with Crippen LogP contribution in [0.1, 0.15) is 24.8 Å². The summed E-state index contributed by atoms with van der Waals surface area (Å²) in [5.41, 5.74) is 2.38.